The summed E-state index contributed by atoms with van der Waals surface area (Å²) >= 11 is 14.0. The summed E-state index contributed by atoms with van der Waals surface area (Å²) in [6.07, 6.45) is 4.48. The van der Waals surface area contributed by atoms with Crippen LogP contribution in [-0.4, -0.2) is 15.8 Å². The number of aryl methyl sites for hydroxylation is 1. The van der Waals surface area contributed by atoms with Crippen molar-refractivity contribution in [1.82, 2.24) is 9.55 Å². The zero-order chi connectivity index (χ0) is 19.1. The molecular formula is C21H20Cl2N2OS. The highest BCUT2D eigenvalue weighted by molar-refractivity contribution is 7.99. The average molecular weight is 419 g/mol. The lowest BCUT2D eigenvalue weighted by Gasteiger charge is -2.12. The fourth-order valence-electron chi connectivity index (χ4n) is 3.92. The highest BCUT2D eigenvalue weighted by Crippen LogP contribution is 2.48. The Bertz CT molecular complexity index is 1030. The molecule has 0 spiro atoms. The second-order valence-corrected chi connectivity index (χ2v) is 9.08. The molecule has 0 fully saturated rings. The van der Waals surface area contributed by atoms with Crippen LogP contribution in [0.4, 0.5) is 0 Å². The molecule has 3 nitrogen and oxygen atoms in total. The second kappa shape index (κ2) is 7.50. The van der Waals surface area contributed by atoms with Crippen LogP contribution >= 0.6 is 35.0 Å². The Balaban J connectivity index is 1.94. The standard InChI is InChI=1S/C21H20Cl2N2OS/c1-12(2)19-18-17(5-8-24-19)25-9-6-13(7-10-26)20(25)21(18)27-14-3-4-15(22)16(23)11-14/h3-5,8,10-13H,6-7,9H2,1-2H3/t13-/m0/s1. The van der Waals surface area contributed by atoms with E-state index >= 15 is 0 Å². The predicted molar refractivity (Wildman–Crippen MR) is 112 cm³/mol. The molecule has 3 heterocycles. The molecule has 140 valence electrons. The number of pyridine rings is 1. The van der Waals surface area contributed by atoms with E-state index in [1.807, 2.05) is 24.4 Å². The lowest BCUT2D eigenvalue weighted by Crippen LogP contribution is -1.97. The first-order chi connectivity index (χ1) is 13.0. The maximum atomic E-state index is 11.3. The second-order valence-electron chi connectivity index (χ2n) is 7.18. The first-order valence-corrected chi connectivity index (χ1v) is 10.7. The summed E-state index contributed by atoms with van der Waals surface area (Å²) in [5.41, 5.74) is 3.56. The van der Waals surface area contributed by atoms with E-state index < -0.39 is 0 Å². The third-order valence-corrected chi connectivity index (χ3v) is 6.97. The van der Waals surface area contributed by atoms with E-state index in [9.17, 15) is 4.79 Å². The molecule has 1 aliphatic heterocycles. The summed E-state index contributed by atoms with van der Waals surface area (Å²) < 4.78 is 2.37. The third-order valence-electron chi connectivity index (χ3n) is 5.13. The van der Waals surface area contributed by atoms with Crippen molar-refractivity contribution >= 4 is 52.2 Å². The average Bonchev–Trinajstić information content (AvgIpc) is 3.18. The Morgan fingerprint density at radius 2 is 2.11 bits per heavy atom. The summed E-state index contributed by atoms with van der Waals surface area (Å²) in [6.45, 7) is 5.27. The Kier molecular flexibility index (Phi) is 5.23. The molecule has 0 N–H and O–H groups in total. The van der Waals surface area contributed by atoms with Crippen LogP contribution in [0.3, 0.4) is 0 Å². The van der Waals surface area contributed by atoms with Gasteiger partial charge in [0, 0.05) is 46.0 Å². The van der Waals surface area contributed by atoms with E-state index in [4.69, 9.17) is 23.2 Å². The molecule has 6 heteroatoms. The topological polar surface area (TPSA) is 34.9 Å². The van der Waals surface area contributed by atoms with Crippen molar-refractivity contribution < 1.29 is 4.79 Å². The van der Waals surface area contributed by atoms with Gasteiger partial charge >= 0.3 is 0 Å². The Morgan fingerprint density at radius 3 is 2.81 bits per heavy atom. The van der Waals surface area contributed by atoms with Crippen LogP contribution in [0.25, 0.3) is 10.9 Å². The monoisotopic (exact) mass is 418 g/mol. The van der Waals surface area contributed by atoms with Crippen LogP contribution in [0.5, 0.6) is 0 Å². The summed E-state index contributed by atoms with van der Waals surface area (Å²) in [5.74, 6) is 0.565. The molecule has 1 atom stereocenters. The first-order valence-electron chi connectivity index (χ1n) is 9.08. The van der Waals surface area contributed by atoms with Crippen molar-refractivity contribution in [2.45, 2.75) is 54.9 Å². The number of aromatic nitrogens is 2. The van der Waals surface area contributed by atoms with Gasteiger partial charge in [0.1, 0.15) is 6.29 Å². The summed E-state index contributed by atoms with van der Waals surface area (Å²) in [6, 6.07) is 7.81. The quantitative estimate of drug-likeness (QED) is 0.432. The zero-order valence-electron chi connectivity index (χ0n) is 15.2. The van der Waals surface area contributed by atoms with Gasteiger partial charge in [0.2, 0.25) is 0 Å². The lowest BCUT2D eigenvalue weighted by atomic mass is 9.99. The summed E-state index contributed by atoms with van der Waals surface area (Å²) in [7, 11) is 0. The lowest BCUT2D eigenvalue weighted by molar-refractivity contribution is -0.108. The molecule has 0 unspecified atom stereocenters. The minimum atomic E-state index is 0.250. The van der Waals surface area contributed by atoms with Crippen molar-refractivity contribution in [3.63, 3.8) is 0 Å². The number of rotatable bonds is 5. The molecule has 0 saturated heterocycles. The molecular weight excluding hydrogens is 399 g/mol. The van der Waals surface area contributed by atoms with E-state index in [0.29, 0.717) is 22.4 Å². The zero-order valence-corrected chi connectivity index (χ0v) is 17.5. The summed E-state index contributed by atoms with van der Waals surface area (Å²) in [5, 5.41) is 2.30. The van der Waals surface area contributed by atoms with Crippen LogP contribution in [-0.2, 0) is 11.3 Å². The highest BCUT2D eigenvalue weighted by atomic mass is 35.5. The molecule has 27 heavy (non-hydrogen) atoms. The first kappa shape index (κ1) is 18.9. The predicted octanol–water partition coefficient (Wildman–Crippen LogP) is 6.69. The number of carbonyl (C=O) groups excluding carboxylic acids is 1. The van der Waals surface area contributed by atoms with Crippen molar-refractivity contribution in [3.8, 4) is 0 Å². The molecule has 2 aromatic heterocycles. The van der Waals surface area contributed by atoms with Gasteiger partial charge in [0.25, 0.3) is 0 Å². The van der Waals surface area contributed by atoms with Gasteiger partial charge in [-0.2, -0.15) is 0 Å². The molecule has 1 aromatic carbocycles. The SMILES string of the molecule is CC(C)c1nccc2c1c(Sc1ccc(Cl)c(Cl)c1)c1n2CC[C@H]1CC=O. The Labute approximate surface area is 173 Å². The number of halogens is 2. The largest absolute Gasteiger partial charge is 0.343 e. The highest BCUT2D eigenvalue weighted by Gasteiger charge is 2.31. The number of nitrogens with zero attached hydrogens (tertiary/aromatic N) is 2. The number of fused-ring (bicyclic) bond motifs is 3. The Hall–Kier alpha value is -1.49. The van der Waals surface area contributed by atoms with Crippen molar-refractivity contribution in [2.75, 3.05) is 0 Å². The van der Waals surface area contributed by atoms with Crippen molar-refractivity contribution in [2.24, 2.45) is 0 Å². The van der Waals surface area contributed by atoms with Gasteiger partial charge in [-0.1, -0.05) is 48.8 Å². The fraction of sp³-hybridized carbons (Fsp3) is 0.333. The molecule has 3 aromatic rings. The van der Waals surface area contributed by atoms with Crippen LogP contribution in [0.1, 0.15) is 49.9 Å². The number of carbonyl (C=O) groups is 1. The molecule has 1 aliphatic rings. The van der Waals surface area contributed by atoms with Crippen LogP contribution in [0, 0.1) is 0 Å². The number of hydrogen-bond donors (Lipinski definition) is 0. The van der Waals surface area contributed by atoms with E-state index in [1.54, 1.807) is 11.8 Å². The summed E-state index contributed by atoms with van der Waals surface area (Å²) in [4.78, 5) is 18.2. The van der Waals surface area contributed by atoms with Crippen molar-refractivity contribution in [1.29, 1.82) is 0 Å². The smallest absolute Gasteiger partial charge is 0.120 e. The maximum absolute atomic E-state index is 11.3. The van der Waals surface area contributed by atoms with E-state index in [-0.39, 0.29) is 5.92 Å². The number of hydrogen-bond acceptors (Lipinski definition) is 3. The molecule has 0 bridgehead atoms. The van der Waals surface area contributed by atoms with Gasteiger partial charge in [0.05, 0.1) is 21.3 Å². The van der Waals surface area contributed by atoms with Gasteiger partial charge in [-0.3, -0.25) is 4.98 Å². The maximum Gasteiger partial charge on any atom is 0.120 e. The number of benzene rings is 1. The van der Waals surface area contributed by atoms with E-state index in [1.165, 1.54) is 21.5 Å². The molecule has 0 radical (unpaired) electrons. The minimum Gasteiger partial charge on any atom is -0.343 e. The molecule has 0 aliphatic carbocycles. The number of aldehydes is 1. The van der Waals surface area contributed by atoms with E-state index in [0.717, 1.165) is 29.8 Å². The molecule has 0 amide bonds. The fourth-order valence-corrected chi connectivity index (χ4v) is 5.52. The van der Waals surface area contributed by atoms with Crippen LogP contribution in [0.15, 0.2) is 40.3 Å². The third kappa shape index (κ3) is 3.28. The van der Waals surface area contributed by atoms with Gasteiger partial charge in [0.15, 0.2) is 0 Å². The van der Waals surface area contributed by atoms with E-state index in [2.05, 4.69) is 29.5 Å². The van der Waals surface area contributed by atoms with Crippen LogP contribution < -0.4 is 0 Å². The van der Waals surface area contributed by atoms with Gasteiger partial charge < -0.3 is 9.36 Å². The van der Waals surface area contributed by atoms with Gasteiger partial charge in [-0.15, -0.1) is 0 Å². The Morgan fingerprint density at radius 1 is 1.30 bits per heavy atom. The van der Waals surface area contributed by atoms with Gasteiger partial charge in [-0.05, 0) is 36.6 Å². The van der Waals surface area contributed by atoms with Gasteiger partial charge in [-0.25, -0.2) is 0 Å². The molecule has 0 saturated carbocycles. The minimum absolute atomic E-state index is 0.250. The van der Waals surface area contributed by atoms with Crippen molar-refractivity contribution in [3.05, 3.63) is 51.9 Å². The van der Waals surface area contributed by atoms with Crippen LogP contribution in [0.2, 0.25) is 10.0 Å². The normalized spacial score (nSPS) is 16.3. The molecule has 4 rings (SSSR count).